The number of rotatable bonds is 16. The molecular weight excluding hydrogens is 456 g/mol. The monoisotopic (exact) mass is 496 g/mol. The largest absolute Gasteiger partial charge is 0.462 e. The van der Waals surface area contributed by atoms with Crippen molar-refractivity contribution < 1.29 is 29.3 Å². The normalized spacial score (nSPS) is 14.9. The minimum Gasteiger partial charge on any atom is -0.462 e. The highest BCUT2D eigenvalue weighted by Gasteiger charge is 2.19. The lowest BCUT2D eigenvalue weighted by Crippen LogP contribution is -2.23. The fraction of sp³-hybridized carbons (Fsp3) is 0.467. The summed E-state index contributed by atoms with van der Waals surface area (Å²) in [5.41, 5.74) is 3.76. The standard InChI is InChI=1S/C30H40O6/c1-4-5-6-7-24-10-14-27(15-11-24)28-16-12-25(13-17-28)8-9-26(20-35-29(33)22(2)18-31)21-36-30(34)23(3)19-32/h10-12,14-17,25-26,31-32H,2-9,13,18-21H2,1H3. The van der Waals surface area contributed by atoms with E-state index in [0.29, 0.717) is 12.3 Å². The Balaban J connectivity index is 1.88. The van der Waals surface area contributed by atoms with Crippen LogP contribution >= 0.6 is 0 Å². The molecule has 0 saturated heterocycles. The summed E-state index contributed by atoms with van der Waals surface area (Å²) in [7, 11) is 0. The maximum Gasteiger partial charge on any atom is 0.335 e. The van der Waals surface area contributed by atoms with Crippen LogP contribution in [0.5, 0.6) is 0 Å². The van der Waals surface area contributed by atoms with E-state index in [1.54, 1.807) is 0 Å². The first-order valence-electron chi connectivity index (χ1n) is 12.8. The first-order valence-corrected chi connectivity index (χ1v) is 12.8. The molecule has 1 aliphatic carbocycles. The third-order valence-electron chi connectivity index (χ3n) is 6.35. The molecule has 2 rings (SSSR count). The highest BCUT2D eigenvalue weighted by Crippen LogP contribution is 2.28. The SMILES string of the molecule is C=C(CO)C(=O)OCC(CCC1C=CC(c2ccc(CCCCC)cc2)=CC1)COC(=O)C(=C)CO. The third-order valence-corrected chi connectivity index (χ3v) is 6.35. The van der Waals surface area contributed by atoms with Crippen molar-refractivity contribution in [3.05, 3.63) is 77.9 Å². The Morgan fingerprint density at radius 1 is 1.00 bits per heavy atom. The van der Waals surface area contributed by atoms with Gasteiger partial charge in [-0.15, -0.1) is 0 Å². The molecule has 1 unspecified atom stereocenters. The Morgan fingerprint density at radius 2 is 1.61 bits per heavy atom. The molecule has 6 nitrogen and oxygen atoms in total. The molecule has 0 bridgehead atoms. The summed E-state index contributed by atoms with van der Waals surface area (Å²) in [5, 5.41) is 18.1. The smallest absolute Gasteiger partial charge is 0.335 e. The van der Waals surface area contributed by atoms with Crippen molar-refractivity contribution in [2.24, 2.45) is 11.8 Å². The molecule has 36 heavy (non-hydrogen) atoms. The van der Waals surface area contributed by atoms with E-state index in [0.717, 1.165) is 19.3 Å². The molecule has 0 amide bonds. The molecule has 196 valence electrons. The van der Waals surface area contributed by atoms with Crippen LogP contribution in [0.3, 0.4) is 0 Å². The van der Waals surface area contributed by atoms with Crippen LogP contribution < -0.4 is 0 Å². The van der Waals surface area contributed by atoms with Gasteiger partial charge in [-0.25, -0.2) is 9.59 Å². The molecule has 1 aromatic rings. The van der Waals surface area contributed by atoms with Crippen LogP contribution in [0.25, 0.3) is 5.57 Å². The van der Waals surface area contributed by atoms with Gasteiger partial charge in [-0.05, 0) is 54.7 Å². The quantitative estimate of drug-likeness (QED) is 0.191. The van der Waals surface area contributed by atoms with E-state index in [1.807, 2.05) is 0 Å². The average Bonchev–Trinajstić information content (AvgIpc) is 2.92. The number of benzene rings is 1. The lowest BCUT2D eigenvalue weighted by Gasteiger charge is -2.21. The topological polar surface area (TPSA) is 93.1 Å². The van der Waals surface area contributed by atoms with Crippen LogP contribution in [0.2, 0.25) is 0 Å². The van der Waals surface area contributed by atoms with Crippen molar-refractivity contribution in [2.45, 2.75) is 51.9 Å². The van der Waals surface area contributed by atoms with Gasteiger partial charge in [0.2, 0.25) is 0 Å². The van der Waals surface area contributed by atoms with E-state index in [1.165, 1.54) is 36.0 Å². The Kier molecular flexibility index (Phi) is 12.9. The highest BCUT2D eigenvalue weighted by molar-refractivity contribution is 5.88. The van der Waals surface area contributed by atoms with Gasteiger partial charge in [0.05, 0.1) is 37.6 Å². The van der Waals surface area contributed by atoms with E-state index in [9.17, 15) is 9.59 Å². The van der Waals surface area contributed by atoms with Gasteiger partial charge in [0.1, 0.15) is 0 Å². The van der Waals surface area contributed by atoms with Crippen molar-refractivity contribution >= 4 is 17.5 Å². The number of aliphatic hydroxyl groups is 2. The van der Waals surface area contributed by atoms with Crippen molar-refractivity contribution in [3.8, 4) is 0 Å². The molecule has 0 heterocycles. The van der Waals surface area contributed by atoms with Gasteiger partial charge >= 0.3 is 11.9 Å². The molecule has 2 N–H and O–H groups in total. The maximum atomic E-state index is 11.9. The summed E-state index contributed by atoms with van der Waals surface area (Å²) in [4.78, 5) is 23.8. The fourth-order valence-corrected chi connectivity index (χ4v) is 3.92. The van der Waals surface area contributed by atoms with Gasteiger partial charge in [0.15, 0.2) is 0 Å². The summed E-state index contributed by atoms with van der Waals surface area (Å²) in [6.45, 7) is 8.28. The van der Waals surface area contributed by atoms with Gasteiger partial charge in [-0.2, -0.15) is 0 Å². The predicted octanol–water partition coefficient (Wildman–Crippen LogP) is 4.96. The molecular formula is C30H40O6. The third kappa shape index (κ3) is 9.96. The summed E-state index contributed by atoms with van der Waals surface area (Å²) in [6, 6.07) is 8.82. The van der Waals surface area contributed by atoms with Crippen LogP contribution in [0, 0.1) is 11.8 Å². The Morgan fingerprint density at radius 3 is 2.11 bits per heavy atom. The summed E-state index contributed by atoms with van der Waals surface area (Å²) >= 11 is 0. The second-order valence-electron chi connectivity index (χ2n) is 9.33. The summed E-state index contributed by atoms with van der Waals surface area (Å²) in [5.74, 6) is -1.24. The number of hydrogen-bond donors (Lipinski definition) is 2. The Labute approximate surface area is 215 Å². The van der Waals surface area contributed by atoms with Gasteiger partial charge < -0.3 is 19.7 Å². The van der Waals surface area contributed by atoms with Crippen LogP contribution in [0.1, 0.15) is 56.6 Å². The highest BCUT2D eigenvalue weighted by atomic mass is 16.5. The average molecular weight is 497 g/mol. The number of carbonyl (C=O) groups is 2. The van der Waals surface area contributed by atoms with Crippen LogP contribution in [-0.4, -0.2) is 48.6 Å². The van der Waals surface area contributed by atoms with E-state index in [4.69, 9.17) is 19.7 Å². The van der Waals surface area contributed by atoms with Gasteiger partial charge in [-0.1, -0.05) is 75.4 Å². The molecule has 0 aromatic heterocycles. The van der Waals surface area contributed by atoms with E-state index >= 15 is 0 Å². The number of carbonyl (C=O) groups excluding carboxylic acids is 2. The number of unbranched alkanes of at least 4 members (excludes halogenated alkanes) is 2. The molecule has 1 aliphatic rings. The van der Waals surface area contributed by atoms with Crippen molar-refractivity contribution in [3.63, 3.8) is 0 Å². The number of aryl methyl sites for hydroxylation is 1. The van der Waals surface area contributed by atoms with E-state index in [2.05, 4.69) is 62.6 Å². The Bertz CT molecular complexity index is 909. The van der Waals surface area contributed by atoms with E-state index < -0.39 is 25.2 Å². The number of aliphatic hydroxyl groups excluding tert-OH is 2. The minimum absolute atomic E-state index is 0.0266. The summed E-state index contributed by atoms with van der Waals surface area (Å²) in [6.07, 6.45) is 13.9. The molecule has 6 heteroatoms. The van der Waals surface area contributed by atoms with Gasteiger partial charge in [0.25, 0.3) is 0 Å². The first-order chi connectivity index (χ1) is 17.4. The van der Waals surface area contributed by atoms with Crippen molar-refractivity contribution in [2.75, 3.05) is 26.4 Å². The molecule has 1 atom stereocenters. The van der Waals surface area contributed by atoms with Crippen LogP contribution in [-0.2, 0) is 25.5 Å². The number of hydrogen-bond acceptors (Lipinski definition) is 6. The van der Waals surface area contributed by atoms with Crippen LogP contribution in [0.4, 0.5) is 0 Å². The lowest BCUT2D eigenvalue weighted by molar-refractivity contribution is -0.144. The maximum absolute atomic E-state index is 11.9. The zero-order valence-corrected chi connectivity index (χ0v) is 21.4. The van der Waals surface area contributed by atoms with Crippen LogP contribution in [0.15, 0.2) is 66.8 Å². The summed E-state index contributed by atoms with van der Waals surface area (Å²) < 4.78 is 10.5. The minimum atomic E-state index is -0.671. The predicted molar refractivity (Wildman–Crippen MR) is 142 cm³/mol. The lowest BCUT2D eigenvalue weighted by atomic mass is 9.88. The number of esters is 2. The molecule has 0 aliphatic heterocycles. The van der Waals surface area contributed by atoms with E-state index in [-0.39, 0.29) is 30.3 Å². The Hall–Kier alpha value is -2.96. The molecule has 0 radical (unpaired) electrons. The zero-order chi connectivity index (χ0) is 26.3. The van der Waals surface area contributed by atoms with Crippen molar-refractivity contribution in [1.82, 2.24) is 0 Å². The molecule has 0 spiro atoms. The fourth-order valence-electron chi connectivity index (χ4n) is 3.92. The molecule has 1 aromatic carbocycles. The second kappa shape index (κ2) is 15.9. The molecule has 0 fully saturated rings. The second-order valence-corrected chi connectivity index (χ2v) is 9.33. The van der Waals surface area contributed by atoms with Crippen molar-refractivity contribution in [1.29, 1.82) is 0 Å². The molecule has 0 saturated carbocycles. The van der Waals surface area contributed by atoms with Gasteiger partial charge in [0, 0.05) is 5.92 Å². The number of ether oxygens (including phenoxy) is 2. The zero-order valence-electron chi connectivity index (χ0n) is 21.4. The first kappa shape index (κ1) is 29.3. The van der Waals surface area contributed by atoms with Gasteiger partial charge in [-0.3, -0.25) is 0 Å². The number of allylic oxidation sites excluding steroid dienone is 4.